The van der Waals surface area contributed by atoms with Gasteiger partial charge in [0.25, 0.3) is 0 Å². The number of nitrogens with one attached hydrogen (secondary N) is 1. The van der Waals surface area contributed by atoms with Crippen LogP contribution in [0.2, 0.25) is 0 Å². The number of nitriles is 1. The highest BCUT2D eigenvalue weighted by molar-refractivity contribution is 6.17. The Morgan fingerprint density at radius 2 is 2.23 bits per heavy atom. The van der Waals surface area contributed by atoms with Crippen LogP contribution >= 0.6 is 11.6 Å². The van der Waals surface area contributed by atoms with Gasteiger partial charge in [0.05, 0.1) is 17.5 Å². The molecule has 0 unspecified atom stereocenters. The molecule has 0 aliphatic carbocycles. The fourth-order valence-corrected chi connectivity index (χ4v) is 1.47. The van der Waals surface area contributed by atoms with E-state index in [-0.39, 0.29) is 0 Å². The van der Waals surface area contributed by atoms with Crippen LogP contribution in [-0.2, 0) is 5.88 Å². The van der Waals surface area contributed by atoms with Gasteiger partial charge in [-0.2, -0.15) is 5.26 Å². The third kappa shape index (κ3) is 1.39. The minimum atomic E-state index is 0.469. The van der Waals surface area contributed by atoms with Crippen molar-refractivity contribution < 1.29 is 0 Å². The molecule has 0 bridgehead atoms. The smallest absolute Gasteiger partial charge is 0.0992 e. The monoisotopic (exact) mass is 190 g/mol. The third-order valence-corrected chi connectivity index (χ3v) is 2.24. The molecular formula is C10H7ClN2. The molecule has 0 radical (unpaired) electrons. The number of H-pyrrole nitrogens is 1. The van der Waals surface area contributed by atoms with E-state index in [9.17, 15) is 0 Å². The number of halogens is 1. The number of rotatable bonds is 1. The van der Waals surface area contributed by atoms with Gasteiger partial charge in [-0.05, 0) is 23.6 Å². The van der Waals surface area contributed by atoms with Crippen LogP contribution in [0.5, 0.6) is 0 Å². The molecule has 0 aliphatic heterocycles. The Kier molecular flexibility index (Phi) is 1.96. The lowest BCUT2D eigenvalue weighted by atomic mass is 10.2. The van der Waals surface area contributed by atoms with Crippen LogP contribution in [-0.4, -0.2) is 4.98 Å². The lowest BCUT2D eigenvalue weighted by Gasteiger charge is -1.89. The van der Waals surface area contributed by atoms with E-state index < -0.39 is 0 Å². The molecule has 2 nitrogen and oxygen atoms in total. The molecule has 0 saturated carbocycles. The zero-order valence-electron chi connectivity index (χ0n) is 6.84. The molecule has 0 fully saturated rings. The van der Waals surface area contributed by atoms with E-state index in [4.69, 9.17) is 16.9 Å². The maximum atomic E-state index is 8.67. The predicted molar refractivity (Wildman–Crippen MR) is 52.6 cm³/mol. The molecule has 0 spiro atoms. The lowest BCUT2D eigenvalue weighted by Crippen LogP contribution is -1.75. The van der Waals surface area contributed by atoms with Crippen molar-refractivity contribution in [2.24, 2.45) is 0 Å². The van der Waals surface area contributed by atoms with Crippen molar-refractivity contribution in [3.05, 3.63) is 35.5 Å². The molecule has 0 aliphatic rings. The topological polar surface area (TPSA) is 39.6 Å². The molecule has 2 aromatic rings. The van der Waals surface area contributed by atoms with Gasteiger partial charge in [-0.25, -0.2) is 0 Å². The van der Waals surface area contributed by atoms with Crippen LogP contribution in [0.1, 0.15) is 11.3 Å². The largest absolute Gasteiger partial charge is 0.357 e. The van der Waals surface area contributed by atoms with Gasteiger partial charge >= 0.3 is 0 Å². The second-order valence-electron chi connectivity index (χ2n) is 2.84. The highest BCUT2D eigenvalue weighted by Gasteiger charge is 1.99. The van der Waals surface area contributed by atoms with Gasteiger partial charge in [0.2, 0.25) is 0 Å². The zero-order valence-corrected chi connectivity index (χ0v) is 7.60. The number of hydrogen-bond donors (Lipinski definition) is 1. The average molecular weight is 191 g/mol. The van der Waals surface area contributed by atoms with Crippen molar-refractivity contribution in [2.45, 2.75) is 5.88 Å². The summed E-state index contributed by atoms with van der Waals surface area (Å²) in [5.74, 6) is 0.469. The molecule has 0 atom stereocenters. The van der Waals surface area contributed by atoms with Gasteiger partial charge in [-0.15, -0.1) is 11.6 Å². The molecule has 1 aromatic heterocycles. The van der Waals surface area contributed by atoms with E-state index in [1.54, 1.807) is 6.07 Å². The summed E-state index contributed by atoms with van der Waals surface area (Å²) in [4.78, 5) is 3.14. The van der Waals surface area contributed by atoms with Crippen molar-refractivity contribution in [3.8, 4) is 6.07 Å². The maximum absolute atomic E-state index is 8.67. The summed E-state index contributed by atoms with van der Waals surface area (Å²) in [6.45, 7) is 0. The Balaban J connectivity index is 2.65. The zero-order chi connectivity index (χ0) is 9.26. The summed E-state index contributed by atoms with van der Waals surface area (Å²) in [5.41, 5.74) is 2.61. The second-order valence-corrected chi connectivity index (χ2v) is 3.11. The van der Waals surface area contributed by atoms with Gasteiger partial charge in [-0.3, -0.25) is 0 Å². The van der Waals surface area contributed by atoms with Gasteiger partial charge in [-0.1, -0.05) is 6.07 Å². The Labute approximate surface area is 80.7 Å². The fraction of sp³-hybridized carbons (Fsp3) is 0.100. The number of aromatic nitrogens is 1. The number of alkyl halides is 1. The first-order chi connectivity index (χ1) is 6.33. The maximum Gasteiger partial charge on any atom is 0.0992 e. The van der Waals surface area contributed by atoms with Gasteiger partial charge in [0.15, 0.2) is 0 Å². The van der Waals surface area contributed by atoms with E-state index in [2.05, 4.69) is 11.1 Å². The summed E-state index contributed by atoms with van der Waals surface area (Å²) < 4.78 is 0. The van der Waals surface area contributed by atoms with E-state index in [1.807, 2.05) is 18.2 Å². The number of hydrogen-bond acceptors (Lipinski definition) is 1. The van der Waals surface area contributed by atoms with Crippen LogP contribution in [0, 0.1) is 11.3 Å². The summed E-state index contributed by atoms with van der Waals surface area (Å²) in [6, 6.07) is 9.62. The van der Waals surface area contributed by atoms with Crippen LogP contribution < -0.4 is 0 Å². The van der Waals surface area contributed by atoms with E-state index in [0.29, 0.717) is 11.4 Å². The number of benzene rings is 1. The number of aromatic amines is 1. The Hall–Kier alpha value is -1.46. The molecule has 2 rings (SSSR count). The Morgan fingerprint density at radius 1 is 1.38 bits per heavy atom. The Bertz CT molecular complexity index is 479. The number of nitrogens with zero attached hydrogens (tertiary/aromatic N) is 1. The number of fused-ring (bicyclic) bond motifs is 1. The quantitative estimate of drug-likeness (QED) is 0.691. The molecule has 3 heteroatoms. The third-order valence-electron chi connectivity index (χ3n) is 1.95. The van der Waals surface area contributed by atoms with Crippen molar-refractivity contribution in [1.29, 1.82) is 5.26 Å². The first kappa shape index (κ1) is 8.15. The average Bonchev–Trinajstić information content (AvgIpc) is 2.58. The first-order valence-corrected chi connectivity index (χ1v) is 4.44. The van der Waals surface area contributed by atoms with E-state index in [0.717, 1.165) is 16.6 Å². The highest BCUT2D eigenvalue weighted by Crippen LogP contribution is 2.17. The van der Waals surface area contributed by atoms with E-state index in [1.165, 1.54) is 0 Å². The second kappa shape index (κ2) is 3.12. The molecule has 13 heavy (non-hydrogen) atoms. The first-order valence-electron chi connectivity index (χ1n) is 3.91. The van der Waals surface area contributed by atoms with Gasteiger partial charge in [0, 0.05) is 11.2 Å². The van der Waals surface area contributed by atoms with Gasteiger partial charge in [0.1, 0.15) is 0 Å². The molecule has 1 N–H and O–H groups in total. The van der Waals surface area contributed by atoms with Crippen molar-refractivity contribution in [2.75, 3.05) is 0 Å². The standard InChI is InChI=1S/C10H7ClN2/c11-5-9-4-8-2-1-7(6-12)3-10(8)13-9/h1-4,13H,5H2. The predicted octanol–water partition coefficient (Wildman–Crippen LogP) is 2.78. The molecule has 64 valence electrons. The van der Waals surface area contributed by atoms with Crippen LogP contribution in [0.4, 0.5) is 0 Å². The van der Waals surface area contributed by atoms with Crippen LogP contribution in [0.3, 0.4) is 0 Å². The van der Waals surface area contributed by atoms with Crippen LogP contribution in [0.15, 0.2) is 24.3 Å². The summed E-state index contributed by atoms with van der Waals surface area (Å²) in [6.07, 6.45) is 0. The molecule has 0 amide bonds. The van der Waals surface area contributed by atoms with Crippen molar-refractivity contribution in [1.82, 2.24) is 4.98 Å². The van der Waals surface area contributed by atoms with Crippen molar-refractivity contribution >= 4 is 22.5 Å². The molecular weight excluding hydrogens is 184 g/mol. The highest BCUT2D eigenvalue weighted by atomic mass is 35.5. The molecule has 1 heterocycles. The summed E-state index contributed by atoms with van der Waals surface area (Å²) in [5, 5.41) is 9.76. The molecule has 1 aromatic carbocycles. The summed E-state index contributed by atoms with van der Waals surface area (Å²) >= 11 is 5.68. The summed E-state index contributed by atoms with van der Waals surface area (Å²) in [7, 11) is 0. The van der Waals surface area contributed by atoms with E-state index >= 15 is 0 Å². The normalized spacial score (nSPS) is 10.2. The van der Waals surface area contributed by atoms with Crippen molar-refractivity contribution in [3.63, 3.8) is 0 Å². The van der Waals surface area contributed by atoms with Gasteiger partial charge < -0.3 is 4.98 Å². The SMILES string of the molecule is N#Cc1ccc2cc(CCl)[nH]c2c1. The fourth-order valence-electron chi connectivity index (χ4n) is 1.33. The lowest BCUT2D eigenvalue weighted by molar-refractivity contribution is 1.25. The minimum Gasteiger partial charge on any atom is -0.357 e. The molecule has 0 saturated heterocycles. The minimum absolute atomic E-state index is 0.469. The van der Waals surface area contributed by atoms with Crippen LogP contribution in [0.25, 0.3) is 10.9 Å². The Morgan fingerprint density at radius 3 is 2.92 bits per heavy atom.